The maximum absolute atomic E-state index is 12.8. The molecule has 2 fully saturated rings. The second-order valence-corrected chi connectivity index (χ2v) is 6.83. The second kappa shape index (κ2) is 3.93. The number of carbonyl (C=O) groups is 1. The van der Waals surface area contributed by atoms with E-state index in [1.165, 1.54) is 5.57 Å². The Balaban J connectivity index is 2.17. The molecule has 0 aromatic carbocycles. The van der Waals surface area contributed by atoms with E-state index in [-0.39, 0.29) is 10.8 Å². The fraction of sp³-hybridized carbons (Fsp3) is 0.812. The van der Waals surface area contributed by atoms with Gasteiger partial charge in [0.1, 0.15) is 5.78 Å². The van der Waals surface area contributed by atoms with Crippen molar-refractivity contribution in [2.45, 2.75) is 46.5 Å². The number of hydrogen-bond acceptors (Lipinski definition) is 2. The zero-order chi connectivity index (χ0) is 13.0. The van der Waals surface area contributed by atoms with Crippen molar-refractivity contribution in [1.29, 1.82) is 0 Å². The lowest BCUT2D eigenvalue weighted by molar-refractivity contribution is -0.146. The lowest BCUT2D eigenvalue weighted by Gasteiger charge is -2.56. The van der Waals surface area contributed by atoms with Crippen LogP contribution in [-0.2, 0) is 9.53 Å². The summed E-state index contributed by atoms with van der Waals surface area (Å²) in [5.74, 6) is 1.43. The van der Waals surface area contributed by atoms with Gasteiger partial charge in [-0.05, 0) is 43.4 Å². The molecule has 2 nitrogen and oxygen atoms in total. The summed E-state index contributed by atoms with van der Waals surface area (Å²) in [6.45, 7) is 8.26. The van der Waals surface area contributed by atoms with E-state index >= 15 is 0 Å². The molecular weight excluding hydrogens is 224 g/mol. The Morgan fingerprint density at radius 2 is 2.22 bits per heavy atom. The largest absolute Gasteiger partial charge is 0.380 e. The summed E-state index contributed by atoms with van der Waals surface area (Å²) in [7, 11) is 0. The molecule has 2 heteroatoms. The fourth-order valence-corrected chi connectivity index (χ4v) is 4.75. The molecule has 100 valence electrons. The lowest BCUT2D eigenvalue weighted by atomic mass is 9.46. The van der Waals surface area contributed by atoms with Crippen LogP contribution in [0.4, 0.5) is 0 Å². The Labute approximate surface area is 110 Å². The summed E-state index contributed by atoms with van der Waals surface area (Å²) >= 11 is 0. The number of carbonyl (C=O) groups excluding carboxylic acids is 1. The Morgan fingerprint density at radius 3 is 3.00 bits per heavy atom. The summed E-state index contributed by atoms with van der Waals surface area (Å²) in [4.78, 5) is 12.8. The molecule has 18 heavy (non-hydrogen) atoms. The highest BCUT2D eigenvalue weighted by Crippen LogP contribution is 2.61. The molecule has 2 aliphatic carbocycles. The Hall–Kier alpha value is -0.630. The van der Waals surface area contributed by atoms with E-state index in [1.807, 2.05) is 0 Å². The molecule has 0 radical (unpaired) electrons. The van der Waals surface area contributed by atoms with Gasteiger partial charge in [-0.15, -0.1) is 0 Å². The predicted molar refractivity (Wildman–Crippen MR) is 71.2 cm³/mol. The third kappa shape index (κ3) is 1.36. The molecule has 0 aromatic rings. The quantitative estimate of drug-likeness (QED) is 0.614. The zero-order valence-electron chi connectivity index (χ0n) is 11.8. The minimum Gasteiger partial charge on any atom is -0.380 e. The first-order valence-electron chi connectivity index (χ1n) is 7.30. The summed E-state index contributed by atoms with van der Waals surface area (Å²) in [6, 6.07) is 0. The molecule has 0 spiro atoms. The van der Waals surface area contributed by atoms with Gasteiger partial charge in [-0.2, -0.15) is 0 Å². The van der Waals surface area contributed by atoms with Crippen LogP contribution in [-0.4, -0.2) is 19.0 Å². The van der Waals surface area contributed by atoms with Crippen LogP contribution < -0.4 is 0 Å². The van der Waals surface area contributed by atoms with Crippen molar-refractivity contribution in [3.8, 4) is 0 Å². The third-order valence-corrected chi connectivity index (χ3v) is 6.23. The molecule has 1 heterocycles. The number of rotatable bonds is 0. The van der Waals surface area contributed by atoms with Crippen LogP contribution in [0.25, 0.3) is 0 Å². The van der Waals surface area contributed by atoms with E-state index < -0.39 is 0 Å². The molecular formula is C16H24O2. The highest BCUT2D eigenvalue weighted by Gasteiger charge is 2.60. The summed E-state index contributed by atoms with van der Waals surface area (Å²) in [5.41, 5.74) is 1.28. The fourth-order valence-electron chi connectivity index (χ4n) is 4.75. The average molecular weight is 248 g/mol. The van der Waals surface area contributed by atoms with Crippen LogP contribution in [0.2, 0.25) is 0 Å². The van der Waals surface area contributed by atoms with Gasteiger partial charge in [0.15, 0.2) is 0 Å². The summed E-state index contributed by atoms with van der Waals surface area (Å²) < 4.78 is 5.86. The number of ether oxygens (including phenoxy) is 1. The maximum atomic E-state index is 12.8. The minimum atomic E-state index is -0.282. The van der Waals surface area contributed by atoms with Crippen molar-refractivity contribution in [3.63, 3.8) is 0 Å². The SMILES string of the molecule is CC1=CCC[C@@H]2[C@]13COCC[C@]2(C)[C@H](C)CC3=O. The van der Waals surface area contributed by atoms with Gasteiger partial charge in [0.25, 0.3) is 0 Å². The number of ketones is 1. The van der Waals surface area contributed by atoms with Gasteiger partial charge in [0, 0.05) is 13.0 Å². The van der Waals surface area contributed by atoms with Crippen molar-refractivity contribution >= 4 is 5.78 Å². The maximum Gasteiger partial charge on any atom is 0.145 e. The molecule has 1 saturated carbocycles. The Bertz CT molecular complexity index is 411. The van der Waals surface area contributed by atoms with E-state index in [0.717, 1.165) is 32.3 Å². The topological polar surface area (TPSA) is 26.3 Å². The van der Waals surface area contributed by atoms with E-state index in [1.54, 1.807) is 0 Å². The number of hydrogen-bond donors (Lipinski definition) is 0. The van der Waals surface area contributed by atoms with Crippen molar-refractivity contribution in [2.24, 2.45) is 22.7 Å². The smallest absolute Gasteiger partial charge is 0.145 e. The lowest BCUT2D eigenvalue weighted by Crippen LogP contribution is -2.56. The third-order valence-electron chi connectivity index (χ3n) is 6.23. The van der Waals surface area contributed by atoms with E-state index in [2.05, 4.69) is 26.8 Å². The molecule has 1 aliphatic heterocycles. The second-order valence-electron chi connectivity index (χ2n) is 6.83. The molecule has 0 N–H and O–H groups in total. The van der Waals surface area contributed by atoms with Crippen LogP contribution in [0, 0.1) is 22.7 Å². The predicted octanol–water partition coefficient (Wildman–Crippen LogP) is 3.36. The van der Waals surface area contributed by atoms with Crippen molar-refractivity contribution in [1.82, 2.24) is 0 Å². The Morgan fingerprint density at radius 1 is 1.44 bits per heavy atom. The van der Waals surface area contributed by atoms with Crippen molar-refractivity contribution in [2.75, 3.05) is 13.2 Å². The van der Waals surface area contributed by atoms with Crippen LogP contribution in [0.15, 0.2) is 11.6 Å². The first-order chi connectivity index (χ1) is 8.52. The molecule has 0 aromatic heterocycles. The molecule has 3 aliphatic rings. The van der Waals surface area contributed by atoms with Gasteiger partial charge >= 0.3 is 0 Å². The van der Waals surface area contributed by atoms with E-state index in [0.29, 0.717) is 24.2 Å². The van der Waals surface area contributed by atoms with Crippen molar-refractivity contribution in [3.05, 3.63) is 11.6 Å². The molecule has 3 rings (SSSR count). The Kier molecular flexibility index (Phi) is 2.71. The zero-order valence-corrected chi connectivity index (χ0v) is 11.8. The normalized spacial score (nSPS) is 48.2. The molecule has 2 bridgehead atoms. The first kappa shape index (κ1) is 12.4. The molecule has 4 atom stereocenters. The van der Waals surface area contributed by atoms with Gasteiger partial charge in [0.05, 0.1) is 12.0 Å². The average Bonchev–Trinajstić information content (AvgIpc) is 2.46. The van der Waals surface area contributed by atoms with Crippen LogP contribution in [0.3, 0.4) is 0 Å². The standard InChI is InChI=1S/C16H24O2/c1-11-5-4-6-13-15(3)7-8-18-10-16(11,13)14(17)9-12(15)2/h5,12-13H,4,6-10H2,1-3H3/t12-,13+,15-,16+/m1/s1. The van der Waals surface area contributed by atoms with Crippen molar-refractivity contribution < 1.29 is 9.53 Å². The number of allylic oxidation sites excluding steroid dienone is 1. The molecule has 0 amide bonds. The number of Topliss-reactive ketones (excluding diaryl/α,β-unsaturated/α-hetero) is 1. The van der Waals surface area contributed by atoms with Gasteiger partial charge in [-0.1, -0.05) is 25.5 Å². The minimum absolute atomic E-state index is 0.278. The first-order valence-corrected chi connectivity index (χ1v) is 7.30. The van der Waals surface area contributed by atoms with Crippen LogP contribution >= 0.6 is 0 Å². The van der Waals surface area contributed by atoms with Crippen LogP contribution in [0.5, 0.6) is 0 Å². The highest BCUT2D eigenvalue weighted by molar-refractivity contribution is 5.90. The van der Waals surface area contributed by atoms with E-state index in [9.17, 15) is 4.79 Å². The van der Waals surface area contributed by atoms with Crippen LogP contribution in [0.1, 0.15) is 46.5 Å². The van der Waals surface area contributed by atoms with Gasteiger partial charge in [-0.3, -0.25) is 4.79 Å². The summed E-state index contributed by atoms with van der Waals surface area (Å²) in [5, 5.41) is 0. The molecule has 0 unspecified atom stereocenters. The van der Waals surface area contributed by atoms with Gasteiger partial charge < -0.3 is 4.74 Å². The van der Waals surface area contributed by atoms with E-state index in [4.69, 9.17) is 4.74 Å². The summed E-state index contributed by atoms with van der Waals surface area (Å²) in [6.07, 6.45) is 6.42. The van der Waals surface area contributed by atoms with Gasteiger partial charge in [-0.25, -0.2) is 0 Å². The molecule has 1 saturated heterocycles. The highest BCUT2D eigenvalue weighted by atomic mass is 16.5. The monoisotopic (exact) mass is 248 g/mol. The van der Waals surface area contributed by atoms with Gasteiger partial charge in [0.2, 0.25) is 0 Å².